The largest absolute Gasteiger partial charge is 0.870 e. The van der Waals surface area contributed by atoms with Crippen molar-refractivity contribution in [1.29, 1.82) is 0 Å². The van der Waals surface area contributed by atoms with Crippen LogP contribution >= 0.6 is 0 Å². The van der Waals surface area contributed by atoms with E-state index in [2.05, 4.69) is 35.0 Å². The third kappa shape index (κ3) is 2.34. The van der Waals surface area contributed by atoms with Crippen LogP contribution in [-0.2, 0) is 7.05 Å². The number of hydrogen-bond acceptors (Lipinski definition) is 5. The number of aromatic nitrogens is 1. The van der Waals surface area contributed by atoms with Crippen molar-refractivity contribution in [2.45, 2.75) is 0 Å². The minimum absolute atomic E-state index is 0. The molecule has 1 aromatic heterocycles. The van der Waals surface area contributed by atoms with E-state index in [0.29, 0.717) is 0 Å². The van der Waals surface area contributed by atoms with Crippen LogP contribution < -0.4 is 23.5 Å². The lowest BCUT2D eigenvalue weighted by atomic mass is 10.00. The molecule has 0 fully saturated rings. The van der Waals surface area contributed by atoms with Gasteiger partial charge in [-0.15, -0.1) is 0 Å². The molecule has 0 saturated carbocycles. The molecule has 0 aliphatic carbocycles. The first-order chi connectivity index (χ1) is 12.7. The van der Waals surface area contributed by atoms with E-state index in [-0.39, 0.29) is 12.3 Å². The molecule has 0 spiro atoms. The third-order valence-corrected chi connectivity index (χ3v) is 5.03. The molecule has 6 heteroatoms. The molecule has 0 bridgehead atoms. The molecular weight excluding hydrogens is 346 g/mol. The van der Waals surface area contributed by atoms with Gasteiger partial charge in [0, 0.05) is 5.39 Å². The predicted octanol–water partition coefficient (Wildman–Crippen LogP) is 3.54. The van der Waals surface area contributed by atoms with Gasteiger partial charge in [-0.25, -0.2) is 0 Å². The number of rotatable bonds is 2. The lowest BCUT2D eigenvalue weighted by molar-refractivity contribution is -0.642. The zero-order valence-corrected chi connectivity index (χ0v) is 15.3. The highest BCUT2D eigenvalue weighted by Crippen LogP contribution is 2.41. The molecule has 0 amide bonds. The Morgan fingerprint density at radius 1 is 0.852 bits per heavy atom. The summed E-state index contributed by atoms with van der Waals surface area (Å²) in [4.78, 5) is 0. The summed E-state index contributed by atoms with van der Waals surface area (Å²) in [7, 11) is 5.37. The van der Waals surface area contributed by atoms with Gasteiger partial charge in [-0.1, -0.05) is 6.07 Å². The zero-order valence-electron chi connectivity index (χ0n) is 15.3. The van der Waals surface area contributed by atoms with Crippen molar-refractivity contribution in [3.8, 4) is 23.0 Å². The van der Waals surface area contributed by atoms with Crippen molar-refractivity contribution >= 4 is 32.4 Å². The van der Waals surface area contributed by atoms with Gasteiger partial charge in [0.1, 0.15) is 7.05 Å². The summed E-state index contributed by atoms with van der Waals surface area (Å²) in [6.45, 7) is 0.273. The smallest absolute Gasteiger partial charge is 0.231 e. The Hall–Kier alpha value is -3.25. The van der Waals surface area contributed by atoms with Crippen molar-refractivity contribution < 1.29 is 29.0 Å². The number of nitrogens with zero attached hydrogens (tertiary/aromatic N) is 1. The summed E-state index contributed by atoms with van der Waals surface area (Å²) in [6.07, 6.45) is 2.09. The first-order valence-electron chi connectivity index (χ1n) is 8.40. The van der Waals surface area contributed by atoms with E-state index >= 15 is 0 Å². The average molecular weight is 365 g/mol. The van der Waals surface area contributed by atoms with E-state index in [4.69, 9.17) is 18.9 Å². The summed E-state index contributed by atoms with van der Waals surface area (Å²) in [6, 6.07) is 12.4. The molecule has 1 aliphatic heterocycles. The van der Waals surface area contributed by atoms with Crippen molar-refractivity contribution in [3.05, 3.63) is 42.6 Å². The maximum atomic E-state index is 5.63. The summed E-state index contributed by atoms with van der Waals surface area (Å²) in [5.74, 6) is 3.06. The van der Waals surface area contributed by atoms with Crippen LogP contribution in [0, 0.1) is 0 Å². The number of benzene rings is 3. The molecule has 138 valence electrons. The molecule has 2 heterocycles. The van der Waals surface area contributed by atoms with Gasteiger partial charge in [0.15, 0.2) is 29.2 Å². The molecular formula is C21H19NO5. The minimum atomic E-state index is 0. The van der Waals surface area contributed by atoms with Crippen LogP contribution in [0.4, 0.5) is 0 Å². The standard InChI is InChI=1S/C21H18NO4.H2O/c1-22-10-16-13(6-7-17(23-2)21(16)24-3)14-5-4-12-8-18-19(26-11-25-18)9-15(12)20(14)22;/h4-10H,11H2,1-3H3;1H2/q+1;/p-1. The first kappa shape index (κ1) is 17.2. The number of pyridine rings is 1. The van der Waals surface area contributed by atoms with E-state index in [0.717, 1.165) is 55.4 Å². The molecule has 0 atom stereocenters. The summed E-state index contributed by atoms with van der Waals surface area (Å²) >= 11 is 0. The van der Waals surface area contributed by atoms with Crippen LogP contribution in [0.25, 0.3) is 32.4 Å². The lowest BCUT2D eigenvalue weighted by Gasteiger charge is -2.12. The van der Waals surface area contributed by atoms with E-state index in [9.17, 15) is 0 Å². The summed E-state index contributed by atoms with van der Waals surface area (Å²) in [5.41, 5.74) is 1.14. The Balaban J connectivity index is 0.00000180. The van der Waals surface area contributed by atoms with E-state index in [1.807, 2.05) is 19.2 Å². The Morgan fingerprint density at radius 3 is 2.33 bits per heavy atom. The Kier molecular flexibility index (Phi) is 3.93. The van der Waals surface area contributed by atoms with Gasteiger partial charge in [0.05, 0.1) is 30.4 Å². The second kappa shape index (κ2) is 6.17. The van der Waals surface area contributed by atoms with Crippen LogP contribution in [0.3, 0.4) is 0 Å². The molecule has 0 unspecified atom stereocenters. The van der Waals surface area contributed by atoms with Crippen molar-refractivity contribution in [1.82, 2.24) is 0 Å². The second-order valence-electron chi connectivity index (χ2n) is 6.39. The Morgan fingerprint density at radius 2 is 1.59 bits per heavy atom. The SMILES string of the molecule is COc1ccc2c(c[n+](C)c3c4cc5c(cc4ccc23)OCO5)c1OC.[OH-]. The highest BCUT2D eigenvalue weighted by Gasteiger charge is 2.21. The van der Waals surface area contributed by atoms with Gasteiger partial charge < -0.3 is 24.4 Å². The summed E-state index contributed by atoms with van der Waals surface area (Å²) < 4.78 is 24.3. The van der Waals surface area contributed by atoms with Crippen LogP contribution in [0.1, 0.15) is 0 Å². The average Bonchev–Trinajstić information content (AvgIpc) is 3.12. The van der Waals surface area contributed by atoms with Crippen molar-refractivity contribution in [2.75, 3.05) is 21.0 Å². The van der Waals surface area contributed by atoms with Crippen LogP contribution in [0.5, 0.6) is 23.0 Å². The highest BCUT2D eigenvalue weighted by atomic mass is 16.7. The lowest BCUT2D eigenvalue weighted by Crippen LogP contribution is -2.28. The highest BCUT2D eigenvalue weighted by molar-refractivity contribution is 6.15. The van der Waals surface area contributed by atoms with Crippen LogP contribution in [0.15, 0.2) is 42.6 Å². The second-order valence-corrected chi connectivity index (χ2v) is 6.39. The fraction of sp³-hybridized carbons (Fsp3) is 0.190. The number of hydrogen-bond donors (Lipinski definition) is 0. The third-order valence-electron chi connectivity index (χ3n) is 5.03. The molecule has 1 N–H and O–H groups in total. The maximum Gasteiger partial charge on any atom is 0.231 e. The quantitative estimate of drug-likeness (QED) is 0.401. The molecule has 27 heavy (non-hydrogen) atoms. The number of fused-ring (bicyclic) bond motifs is 6. The number of ether oxygens (including phenoxy) is 4. The van der Waals surface area contributed by atoms with Crippen LogP contribution in [0.2, 0.25) is 0 Å². The molecule has 1 aliphatic rings. The van der Waals surface area contributed by atoms with E-state index in [1.54, 1.807) is 14.2 Å². The fourth-order valence-electron chi connectivity index (χ4n) is 3.87. The van der Waals surface area contributed by atoms with Gasteiger partial charge in [-0.2, -0.15) is 4.57 Å². The first-order valence-corrected chi connectivity index (χ1v) is 8.40. The van der Waals surface area contributed by atoms with Crippen LogP contribution in [-0.4, -0.2) is 26.5 Å². The molecule has 3 aromatic carbocycles. The monoisotopic (exact) mass is 365 g/mol. The van der Waals surface area contributed by atoms with Crippen molar-refractivity contribution in [3.63, 3.8) is 0 Å². The van der Waals surface area contributed by atoms with E-state index in [1.165, 1.54) is 0 Å². The molecule has 4 aromatic rings. The van der Waals surface area contributed by atoms with Gasteiger partial charge in [0.25, 0.3) is 0 Å². The predicted molar refractivity (Wildman–Crippen MR) is 101 cm³/mol. The maximum absolute atomic E-state index is 5.63. The van der Waals surface area contributed by atoms with Crippen molar-refractivity contribution in [2.24, 2.45) is 7.05 Å². The fourth-order valence-corrected chi connectivity index (χ4v) is 3.87. The van der Waals surface area contributed by atoms with Gasteiger partial charge >= 0.3 is 0 Å². The zero-order chi connectivity index (χ0) is 17.8. The molecule has 5 rings (SSSR count). The minimum Gasteiger partial charge on any atom is -0.870 e. The Bertz CT molecular complexity index is 1200. The number of methoxy groups -OCH3 is 2. The number of aryl methyl sites for hydroxylation is 1. The molecule has 0 radical (unpaired) electrons. The van der Waals surface area contributed by atoms with Gasteiger partial charge in [-0.3, -0.25) is 0 Å². The van der Waals surface area contributed by atoms with Gasteiger partial charge in [0.2, 0.25) is 12.3 Å². The molecule has 0 saturated heterocycles. The Labute approximate surface area is 155 Å². The van der Waals surface area contributed by atoms with E-state index < -0.39 is 0 Å². The van der Waals surface area contributed by atoms with Gasteiger partial charge in [-0.05, 0) is 35.7 Å². The summed E-state index contributed by atoms with van der Waals surface area (Å²) in [5, 5.41) is 5.54. The topological polar surface area (TPSA) is 70.8 Å². The normalized spacial score (nSPS) is 12.4. The molecule has 6 nitrogen and oxygen atoms in total.